The summed E-state index contributed by atoms with van der Waals surface area (Å²) in [5.41, 5.74) is 5.59. The van der Waals surface area contributed by atoms with E-state index >= 15 is 0 Å². The minimum atomic E-state index is 0.00894. The highest BCUT2D eigenvalue weighted by molar-refractivity contribution is 5.84. The van der Waals surface area contributed by atoms with Gasteiger partial charge in [-0.1, -0.05) is 5.16 Å². The fourth-order valence-corrected chi connectivity index (χ4v) is 2.09. The molecule has 0 bridgehead atoms. The summed E-state index contributed by atoms with van der Waals surface area (Å²) in [4.78, 5) is 2.24. The van der Waals surface area contributed by atoms with Crippen LogP contribution in [-0.4, -0.2) is 48.8 Å². The van der Waals surface area contributed by atoms with Crippen molar-refractivity contribution in [3.8, 4) is 0 Å². The second-order valence-electron chi connectivity index (χ2n) is 4.16. The Kier molecular flexibility index (Phi) is 4.84. The van der Waals surface area contributed by atoms with Gasteiger partial charge in [-0.05, 0) is 32.2 Å². The number of nitrogens with two attached hydrogens (primary N) is 1. The molecule has 0 saturated carbocycles. The zero-order chi connectivity index (χ0) is 11.3. The van der Waals surface area contributed by atoms with Gasteiger partial charge >= 0.3 is 0 Å². The lowest BCUT2D eigenvalue weighted by molar-refractivity contribution is 0.0840. The van der Waals surface area contributed by atoms with Gasteiger partial charge < -0.3 is 15.7 Å². The van der Waals surface area contributed by atoms with Gasteiger partial charge in [0, 0.05) is 13.7 Å². The van der Waals surface area contributed by atoms with E-state index in [9.17, 15) is 0 Å². The molecule has 1 heterocycles. The molecule has 2 atom stereocenters. The summed E-state index contributed by atoms with van der Waals surface area (Å²) in [6.07, 6.45) is 2.35. The number of piperidine rings is 1. The molecule has 1 rings (SSSR count). The zero-order valence-corrected chi connectivity index (χ0v) is 9.52. The third-order valence-electron chi connectivity index (χ3n) is 3.04. The fourth-order valence-electron chi connectivity index (χ4n) is 2.09. The molecule has 3 N–H and O–H groups in total. The molecule has 88 valence electrons. The van der Waals surface area contributed by atoms with Gasteiger partial charge in [-0.25, -0.2) is 0 Å². The number of hydrogen-bond acceptors (Lipinski definition) is 4. The van der Waals surface area contributed by atoms with E-state index in [4.69, 9.17) is 15.7 Å². The molecule has 0 aromatic heterocycles. The average Bonchev–Trinajstić information content (AvgIpc) is 2.28. The second kappa shape index (κ2) is 5.92. The molecule has 5 nitrogen and oxygen atoms in total. The average molecular weight is 215 g/mol. The molecule has 1 aliphatic heterocycles. The standard InChI is InChI=1S/C10H21N3O2/c1-8(10(11)12-14)13-5-3-4-9(6-13)7-15-2/h8-9,14H,3-7H2,1-2H3,(H2,11,12). The summed E-state index contributed by atoms with van der Waals surface area (Å²) < 4.78 is 5.16. The van der Waals surface area contributed by atoms with Crippen LogP contribution < -0.4 is 5.73 Å². The molecular weight excluding hydrogens is 194 g/mol. The van der Waals surface area contributed by atoms with Gasteiger partial charge in [-0.3, -0.25) is 4.90 Å². The number of oxime groups is 1. The van der Waals surface area contributed by atoms with E-state index in [2.05, 4.69) is 10.1 Å². The van der Waals surface area contributed by atoms with E-state index in [0.29, 0.717) is 5.92 Å². The summed E-state index contributed by atoms with van der Waals surface area (Å²) in [7, 11) is 1.73. The first-order chi connectivity index (χ1) is 7.19. The Labute approximate surface area is 90.9 Å². The van der Waals surface area contributed by atoms with Crippen molar-refractivity contribution in [1.29, 1.82) is 0 Å². The summed E-state index contributed by atoms with van der Waals surface area (Å²) in [6.45, 7) is 4.73. The van der Waals surface area contributed by atoms with Gasteiger partial charge in [-0.2, -0.15) is 0 Å². The predicted octanol–water partition coefficient (Wildman–Crippen LogP) is 0.480. The first-order valence-electron chi connectivity index (χ1n) is 5.39. The summed E-state index contributed by atoms with van der Waals surface area (Å²) in [6, 6.07) is 0.00894. The summed E-state index contributed by atoms with van der Waals surface area (Å²) >= 11 is 0. The zero-order valence-electron chi connectivity index (χ0n) is 9.52. The lowest BCUT2D eigenvalue weighted by atomic mass is 9.97. The molecule has 0 aliphatic carbocycles. The molecule has 0 aromatic rings. The van der Waals surface area contributed by atoms with Gasteiger partial charge in [0.1, 0.15) is 0 Å². The molecule has 0 amide bonds. The van der Waals surface area contributed by atoms with E-state index in [1.807, 2.05) is 6.92 Å². The quantitative estimate of drug-likeness (QED) is 0.310. The number of ether oxygens (including phenoxy) is 1. The van der Waals surface area contributed by atoms with Gasteiger partial charge in [0.15, 0.2) is 5.84 Å². The van der Waals surface area contributed by atoms with Gasteiger partial charge in [0.05, 0.1) is 12.6 Å². The van der Waals surface area contributed by atoms with Crippen molar-refractivity contribution in [1.82, 2.24) is 4.90 Å². The lowest BCUT2D eigenvalue weighted by Crippen LogP contribution is -2.48. The topological polar surface area (TPSA) is 71.1 Å². The first kappa shape index (κ1) is 12.3. The number of methoxy groups -OCH3 is 1. The van der Waals surface area contributed by atoms with Crippen molar-refractivity contribution < 1.29 is 9.94 Å². The molecule has 0 aromatic carbocycles. The van der Waals surface area contributed by atoms with E-state index in [1.54, 1.807) is 7.11 Å². The van der Waals surface area contributed by atoms with Crippen LogP contribution in [0, 0.1) is 5.92 Å². The van der Waals surface area contributed by atoms with Crippen LogP contribution in [0.4, 0.5) is 0 Å². The van der Waals surface area contributed by atoms with Crippen LogP contribution in [0.2, 0.25) is 0 Å². The number of rotatable bonds is 4. The summed E-state index contributed by atoms with van der Waals surface area (Å²) in [5.74, 6) is 0.853. The monoisotopic (exact) mass is 215 g/mol. The van der Waals surface area contributed by atoms with E-state index in [1.165, 1.54) is 6.42 Å². The SMILES string of the molecule is COCC1CCCN(C(C)C(N)=NO)C1. The van der Waals surface area contributed by atoms with Crippen molar-refractivity contribution in [3.05, 3.63) is 0 Å². The molecule has 1 aliphatic rings. The van der Waals surface area contributed by atoms with Crippen molar-refractivity contribution in [2.45, 2.75) is 25.8 Å². The van der Waals surface area contributed by atoms with Crippen molar-refractivity contribution in [2.24, 2.45) is 16.8 Å². The highest BCUT2D eigenvalue weighted by Gasteiger charge is 2.25. The maximum Gasteiger partial charge on any atom is 0.156 e. The van der Waals surface area contributed by atoms with Crippen LogP contribution in [0.5, 0.6) is 0 Å². The van der Waals surface area contributed by atoms with E-state index < -0.39 is 0 Å². The maximum absolute atomic E-state index is 8.62. The Morgan fingerprint density at radius 2 is 2.47 bits per heavy atom. The molecule has 0 spiro atoms. The molecule has 1 saturated heterocycles. The Balaban J connectivity index is 2.48. The van der Waals surface area contributed by atoms with Crippen LogP contribution in [0.3, 0.4) is 0 Å². The van der Waals surface area contributed by atoms with Gasteiger partial charge in [-0.15, -0.1) is 0 Å². The van der Waals surface area contributed by atoms with Crippen LogP contribution in [0.25, 0.3) is 0 Å². The molecular formula is C10H21N3O2. The predicted molar refractivity (Wildman–Crippen MR) is 59.0 cm³/mol. The second-order valence-corrected chi connectivity index (χ2v) is 4.16. The smallest absolute Gasteiger partial charge is 0.156 e. The molecule has 0 radical (unpaired) electrons. The Hall–Kier alpha value is -0.810. The number of amidine groups is 1. The largest absolute Gasteiger partial charge is 0.409 e. The number of likely N-dealkylation sites (tertiary alicyclic amines) is 1. The third kappa shape index (κ3) is 3.35. The number of nitrogens with zero attached hydrogens (tertiary/aromatic N) is 2. The van der Waals surface area contributed by atoms with Crippen LogP contribution in [0.15, 0.2) is 5.16 Å². The Morgan fingerprint density at radius 1 is 1.73 bits per heavy atom. The van der Waals surface area contributed by atoms with Gasteiger partial charge in [0.2, 0.25) is 0 Å². The molecule has 5 heteroatoms. The van der Waals surface area contributed by atoms with Crippen molar-refractivity contribution in [2.75, 3.05) is 26.8 Å². The maximum atomic E-state index is 8.62. The van der Waals surface area contributed by atoms with Crippen molar-refractivity contribution in [3.63, 3.8) is 0 Å². The number of hydrogen-bond donors (Lipinski definition) is 2. The third-order valence-corrected chi connectivity index (χ3v) is 3.04. The van der Waals surface area contributed by atoms with Crippen molar-refractivity contribution >= 4 is 5.84 Å². The first-order valence-corrected chi connectivity index (χ1v) is 5.39. The summed E-state index contributed by atoms with van der Waals surface area (Å²) in [5, 5.41) is 11.7. The molecule has 2 unspecified atom stereocenters. The molecule has 1 fully saturated rings. The molecule has 15 heavy (non-hydrogen) atoms. The minimum absolute atomic E-state index is 0.00894. The highest BCUT2D eigenvalue weighted by atomic mass is 16.5. The highest BCUT2D eigenvalue weighted by Crippen LogP contribution is 2.18. The van der Waals surface area contributed by atoms with E-state index in [0.717, 1.165) is 26.1 Å². The fraction of sp³-hybridized carbons (Fsp3) is 0.900. The van der Waals surface area contributed by atoms with Gasteiger partial charge in [0.25, 0.3) is 0 Å². The normalized spacial score (nSPS) is 26.5. The van der Waals surface area contributed by atoms with Crippen LogP contribution in [0.1, 0.15) is 19.8 Å². The Morgan fingerprint density at radius 3 is 3.07 bits per heavy atom. The van der Waals surface area contributed by atoms with Crippen LogP contribution >= 0.6 is 0 Å². The minimum Gasteiger partial charge on any atom is -0.409 e. The lowest BCUT2D eigenvalue weighted by Gasteiger charge is -2.35. The van der Waals surface area contributed by atoms with Crippen LogP contribution in [-0.2, 0) is 4.74 Å². The van der Waals surface area contributed by atoms with E-state index in [-0.39, 0.29) is 11.9 Å². The Bertz CT molecular complexity index is 219.